The van der Waals surface area contributed by atoms with Crippen LogP contribution in [0.3, 0.4) is 0 Å². The van der Waals surface area contributed by atoms with Crippen molar-refractivity contribution in [1.82, 2.24) is 10.2 Å². The maximum absolute atomic E-state index is 13.8. The third-order valence-electron chi connectivity index (χ3n) is 7.55. The molecule has 2 fully saturated rings. The Labute approximate surface area is 192 Å². The van der Waals surface area contributed by atoms with Crippen molar-refractivity contribution in [1.29, 1.82) is 0 Å². The number of halogens is 3. The predicted octanol–water partition coefficient (Wildman–Crippen LogP) is 3.97. The number of nitrogens with one attached hydrogen (secondary N) is 1. The second kappa shape index (κ2) is 9.43. The zero-order chi connectivity index (χ0) is 23.8. The maximum Gasteiger partial charge on any atom is 0.416 e. The molecule has 2 aliphatic heterocycles. The van der Waals surface area contributed by atoms with Crippen LogP contribution in [0.15, 0.2) is 18.2 Å². The standard InChI is InChI=1S/C24H33F3N2O4/c1-15(2)23(8-6-18(11-23)28-19-7-9-32-13-21(19)31-3)22(30)29-12-16-10-17(24(25,26)27)4-5-20(16)33-14-29/h4-5,10,15,18-19,21,28H,6-9,11-14H2,1-3H3/t18-,19?,21+,23+/m0/s1. The van der Waals surface area contributed by atoms with E-state index in [1.165, 1.54) is 6.07 Å². The molecule has 0 aromatic heterocycles. The smallest absolute Gasteiger partial charge is 0.416 e. The molecule has 1 saturated heterocycles. The number of hydrogen-bond donors (Lipinski definition) is 1. The summed E-state index contributed by atoms with van der Waals surface area (Å²) in [6, 6.07) is 3.80. The Morgan fingerprint density at radius 3 is 2.79 bits per heavy atom. The first kappa shape index (κ1) is 24.3. The first-order valence-electron chi connectivity index (χ1n) is 11.6. The Hall–Kier alpha value is -1.84. The molecule has 1 unspecified atom stereocenters. The Balaban J connectivity index is 1.48. The number of carbonyl (C=O) groups is 1. The zero-order valence-corrected chi connectivity index (χ0v) is 19.4. The number of carbonyl (C=O) groups excluding carboxylic acids is 1. The molecule has 0 bridgehead atoms. The minimum absolute atomic E-state index is 0.0154. The first-order chi connectivity index (χ1) is 15.6. The fourth-order valence-electron chi connectivity index (χ4n) is 5.49. The van der Waals surface area contributed by atoms with Crippen molar-refractivity contribution in [2.75, 3.05) is 27.1 Å². The van der Waals surface area contributed by atoms with Gasteiger partial charge in [-0.2, -0.15) is 13.2 Å². The highest BCUT2D eigenvalue weighted by atomic mass is 19.4. The quantitative estimate of drug-likeness (QED) is 0.706. The van der Waals surface area contributed by atoms with E-state index in [2.05, 4.69) is 5.32 Å². The highest BCUT2D eigenvalue weighted by Gasteiger charge is 2.50. The largest absolute Gasteiger partial charge is 0.473 e. The van der Waals surface area contributed by atoms with Crippen LogP contribution in [0.2, 0.25) is 0 Å². The van der Waals surface area contributed by atoms with Gasteiger partial charge in [-0.3, -0.25) is 4.79 Å². The lowest BCUT2D eigenvalue weighted by molar-refractivity contribution is -0.150. The molecule has 6 nitrogen and oxygen atoms in total. The SMILES string of the molecule is CO[C@@H]1COCCC1N[C@H]1CC[C@](C(=O)N2COc3ccc(C(F)(F)F)cc3C2)(C(C)C)C1. The summed E-state index contributed by atoms with van der Waals surface area (Å²) in [4.78, 5) is 15.3. The topological polar surface area (TPSA) is 60.0 Å². The summed E-state index contributed by atoms with van der Waals surface area (Å²) in [5.74, 6) is 0.453. The molecule has 0 radical (unpaired) electrons. The summed E-state index contributed by atoms with van der Waals surface area (Å²) in [6.45, 7) is 5.51. The monoisotopic (exact) mass is 470 g/mol. The van der Waals surface area contributed by atoms with Crippen molar-refractivity contribution >= 4 is 5.91 Å². The first-order valence-corrected chi connectivity index (χ1v) is 11.6. The Morgan fingerprint density at radius 1 is 1.30 bits per heavy atom. The number of hydrogen-bond acceptors (Lipinski definition) is 5. The summed E-state index contributed by atoms with van der Waals surface area (Å²) in [5, 5.41) is 3.69. The lowest BCUT2D eigenvalue weighted by Crippen LogP contribution is -2.52. The van der Waals surface area contributed by atoms with Crippen molar-refractivity contribution in [2.45, 2.75) is 70.4 Å². The van der Waals surface area contributed by atoms with Crippen molar-refractivity contribution < 1.29 is 32.2 Å². The van der Waals surface area contributed by atoms with E-state index in [1.54, 1.807) is 12.0 Å². The van der Waals surface area contributed by atoms with Crippen LogP contribution in [-0.4, -0.2) is 56.0 Å². The molecule has 1 aromatic carbocycles. The van der Waals surface area contributed by atoms with Crippen molar-refractivity contribution in [2.24, 2.45) is 11.3 Å². The minimum atomic E-state index is -4.44. The Bertz CT molecular complexity index is 863. The molecule has 3 aliphatic rings. The highest BCUT2D eigenvalue weighted by molar-refractivity contribution is 5.83. The molecule has 1 saturated carbocycles. The van der Waals surface area contributed by atoms with E-state index < -0.39 is 17.2 Å². The normalized spacial score (nSPS) is 30.3. The molecular formula is C24H33F3N2O4. The van der Waals surface area contributed by atoms with Crippen LogP contribution < -0.4 is 10.1 Å². The van der Waals surface area contributed by atoms with Gasteiger partial charge in [0.25, 0.3) is 0 Å². The van der Waals surface area contributed by atoms with Crippen molar-refractivity contribution in [3.63, 3.8) is 0 Å². The predicted molar refractivity (Wildman–Crippen MR) is 116 cm³/mol. The number of amides is 1. The van der Waals surface area contributed by atoms with Crippen LogP contribution in [0, 0.1) is 11.3 Å². The fraction of sp³-hybridized carbons (Fsp3) is 0.708. The van der Waals surface area contributed by atoms with Crippen molar-refractivity contribution in [3.05, 3.63) is 29.3 Å². The third-order valence-corrected chi connectivity index (χ3v) is 7.55. The summed E-state index contributed by atoms with van der Waals surface area (Å²) in [6.07, 6.45) is -1.32. The number of ether oxygens (including phenoxy) is 3. The van der Waals surface area contributed by atoms with Gasteiger partial charge in [-0.05, 0) is 49.8 Å². The van der Waals surface area contributed by atoms with Gasteiger partial charge < -0.3 is 24.4 Å². The van der Waals surface area contributed by atoms with E-state index in [-0.39, 0.29) is 43.3 Å². The van der Waals surface area contributed by atoms with E-state index in [0.717, 1.165) is 31.4 Å². The fourth-order valence-corrected chi connectivity index (χ4v) is 5.49. The van der Waals surface area contributed by atoms with E-state index in [4.69, 9.17) is 14.2 Å². The van der Waals surface area contributed by atoms with Crippen molar-refractivity contribution in [3.8, 4) is 5.75 Å². The van der Waals surface area contributed by atoms with Gasteiger partial charge in [0.1, 0.15) is 5.75 Å². The molecule has 184 valence electrons. The zero-order valence-electron chi connectivity index (χ0n) is 19.4. The van der Waals surface area contributed by atoms with Crippen LogP contribution in [-0.2, 0) is 27.0 Å². The molecule has 33 heavy (non-hydrogen) atoms. The van der Waals surface area contributed by atoms with E-state index in [1.807, 2.05) is 13.8 Å². The summed E-state index contributed by atoms with van der Waals surface area (Å²) in [7, 11) is 1.68. The third kappa shape index (κ3) is 4.86. The molecule has 1 aromatic rings. The van der Waals surface area contributed by atoms with Crippen LogP contribution >= 0.6 is 0 Å². The van der Waals surface area contributed by atoms with Gasteiger partial charge in [0.05, 0.1) is 30.2 Å². The lowest BCUT2D eigenvalue weighted by atomic mass is 9.74. The minimum Gasteiger partial charge on any atom is -0.473 e. The van der Waals surface area contributed by atoms with Gasteiger partial charge in [-0.25, -0.2) is 0 Å². The van der Waals surface area contributed by atoms with Crippen LogP contribution in [0.4, 0.5) is 13.2 Å². The molecule has 1 N–H and O–H groups in total. The molecule has 4 atom stereocenters. The number of alkyl halides is 3. The van der Waals surface area contributed by atoms with Crippen LogP contribution in [0.5, 0.6) is 5.75 Å². The average Bonchev–Trinajstić information content (AvgIpc) is 3.23. The maximum atomic E-state index is 13.8. The molecule has 1 aliphatic carbocycles. The molecule has 2 heterocycles. The van der Waals surface area contributed by atoms with Gasteiger partial charge in [-0.15, -0.1) is 0 Å². The van der Waals surface area contributed by atoms with Gasteiger partial charge in [0, 0.05) is 31.4 Å². The molecule has 9 heteroatoms. The Kier molecular flexibility index (Phi) is 6.94. The second-order valence-electron chi connectivity index (χ2n) is 9.76. The number of nitrogens with zero attached hydrogens (tertiary/aromatic N) is 1. The molecule has 4 rings (SSSR count). The van der Waals surface area contributed by atoms with Crippen LogP contribution in [0.25, 0.3) is 0 Å². The molecular weight excluding hydrogens is 437 g/mol. The van der Waals surface area contributed by atoms with Crippen LogP contribution in [0.1, 0.15) is 50.7 Å². The summed E-state index contributed by atoms with van der Waals surface area (Å²) in [5.41, 5.74) is -0.915. The average molecular weight is 471 g/mol. The van der Waals surface area contributed by atoms with E-state index in [9.17, 15) is 18.0 Å². The summed E-state index contributed by atoms with van der Waals surface area (Å²) >= 11 is 0. The molecule has 1 amide bonds. The number of rotatable bonds is 5. The lowest BCUT2D eigenvalue weighted by Gasteiger charge is -2.40. The summed E-state index contributed by atoms with van der Waals surface area (Å²) < 4.78 is 56.3. The number of benzene rings is 1. The molecule has 0 spiro atoms. The van der Waals surface area contributed by atoms with Gasteiger partial charge >= 0.3 is 6.18 Å². The second-order valence-corrected chi connectivity index (χ2v) is 9.76. The van der Waals surface area contributed by atoms with Gasteiger partial charge in [0.15, 0.2) is 6.73 Å². The van der Waals surface area contributed by atoms with E-state index in [0.29, 0.717) is 30.9 Å². The highest BCUT2D eigenvalue weighted by Crippen LogP contribution is 2.47. The number of fused-ring (bicyclic) bond motifs is 1. The van der Waals surface area contributed by atoms with Gasteiger partial charge in [0.2, 0.25) is 5.91 Å². The Morgan fingerprint density at radius 2 is 2.09 bits per heavy atom. The number of methoxy groups -OCH3 is 1. The van der Waals surface area contributed by atoms with E-state index >= 15 is 0 Å². The van der Waals surface area contributed by atoms with Gasteiger partial charge in [-0.1, -0.05) is 13.8 Å².